The van der Waals surface area contributed by atoms with Crippen molar-refractivity contribution in [3.8, 4) is 44.8 Å². The predicted molar refractivity (Wildman–Crippen MR) is 232 cm³/mol. The Bertz CT molecular complexity index is 3320. The molecule has 1 aliphatic carbocycles. The van der Waals surface area contributed by atoms with Gasteiger partial charge in [-0.15, -0.1) is 0 Å². The normalized spacial score (nSPS) is 12.3. The summed E-state index contributed by atoms with van der Waals surface area (Å²) < 4.78 is 4.88. The smallest absolute Gasteiger partial charge is 0.0544 e. The second-order valence-electron chi connectivity index (χ2n) is 15.0. The summed E-state index contributed by atoms with van der Waals surface area (Å²) in [5.41, 5.74) is 17.7. The fourth-order valence-electron chi connectivity index (χ4n) is 9.29. The second kappa shape index (κ2) is 11.7. The maximum Gasteiger partial charge on any atom is 0.0544 e. The molecule has 55 heavy (non-hydrogen) atoms. The molecule has 0 saturated carbocycles. The minimum Gasteiger partial charge on any atom is -0.309 e. The zero-order chi connectivity index (χ0) is 36.0. The fraction of sp³-hybridized carbons (Fsp3) is 0.0189. The summed E-state index contributed by atoms with van der Waals surface area (Å²) in [5.74, 6) is 0. The number of aromatic nitrogens is 2. The number of hydrogen-bond acceptors (Lipinski definition) is 0. The molecule has 11 aromatic rings. The summed E-state index contributed by atoms with van der Waals surface area (Å²) in [4.78, 5) is 0. The first-order chi connectivity index (χ1) is 27.2. The second-order valence-corrected chi connectivity index (χ2v) is 15.0. The number of para-hydroxylation sites is 1. The average Bonchev–Trinajstić information content (AvgIpc) is 3.89. The van der Waals surface area contributed by atoms with E-state index in [9.17, 15) is 0 Å². The van der Waals surface area contributed by atoms with Gasteiger partial charge in [-0.2, -0.15) is 0 Å². The van der Waals surface area contributed by atoms with Crippen LogP contribution in [0.25, 0.3) is 99.1 Å². The van der Waals surface area contributed by atoms with Gasteiger partial charge in [0.15, 0.2) is 0 Å². The number of rotatable bonds is 4. The first-order valence-electron chi connectivity index (χ1n) is 19.1. The molecule has 0 bridgehead atoms. The molecule has 2 aromatic heterocycles. The lowest BCUT2D eigenvalue weighted by molar-refractivity contribution is 1.18. The minimum absolute atomic E-state index is 0.969. The van der Waals surface area contributed by atoms with Crippen molar-refractivity contribution in [1.29, 1.82) is 0 Å². The SMILES string of the molecule is c1ccc(-c2ccc(-n3c4ccccc4c4cc(-c5ccc6c(c5)c5cc7c(cc5n6-c5ccc6ccccc6c5)Cc5ccccc5-7)ccc43)cc2)cc1. The van der Waals surface area contributed by atoms with E-state index in [1.807, 2.05) is 0 Å². The molecule has 2 nitrogen and oxygen atoms in total. The lowest BCUT2D eigenvalue weighted by atomic mass is 9.99. The van der Waals surface area contributed by atoms with Crippen LogP contribution in [0.3, 0.4) is 0 Å². The zero-order valence-electron chi connectivity index (χ0n) is 30.1. The molecular formula is C53H34N2. The van der Waals surface area contributed by atoms with Crippen LogP contribution in [0.4, 0.5) is 0 Å². The Morgan fingerprint density at radius 3 is 1.69 bits per heavy atom. The molecule has 0 unspecified atom stereocenters. The van der Waals surface area contributed by atoms with Gasteiger partial charge in [0.2, 0.25) is 0 Å². The molecular weight excluding hydrogens is 665 g/mol. The Hall–Kier alpha value is -7.16. The fourth-order valence-corrected chi connectivity index (χ4v) is 9.29. The topological polar surface area (TPSA) is 9.86 Å². The van der Waals surface area contributed by atoms with Crippen LogP contribution in [0.15, 0.2) is 194 Å². The molecule has 0 fully saturated rings. The van der Waals surface area contributed by atoms with E-state index in [1.54, 1.807) is 0 Å². The zero-order valence-corrected chi connectivity index (χ0v) is 30.1. The van der Waals surface area contributed by atoms with Gasteiger partial charge in [-0.05, 0) is 128 Å². The van der Waals surface area contributed by atoms with Gasteiger partial charge in [0.05, 0.1) is 22.1 Å². The van der Waals surface area contributed by atoms with Crippen LogP contribution in [0.2, 0.25) is 0 Å². The first-order valence-corrected chi connectivity index (χ1v) is 19.1. The number of nitrogens with zero attached hydrogens (tertiary/aromatic N) is 2. The summed E-state index contributed by atoms with van der Waals surface area (Å²) >= 11 is 0. The highest BCUT2D eigenvalue weighted by molar-refractivity contribution is 6.14. The van der Waals surface area contributed by atoms with Crippen molar-refractivity contribution in [1.82, 2.24) is 9.13 Å². The first kappa shape index (κ1) is 30.3. The quantitative estimate of drug-likeness (QED) is 0.173. The molecule has 0 radical (unpaired) electrons. The van der Waals surface area contributed by atoms with E-state index in [0.29, 0.717) is 0 Å². The van der Waals surface area contributed by atoms with Crippen molar-refractivity contribution in [2.24, 2.45) is 0 Å². The molecule has 0 aliphatic heterocycles. The van der Waals surface area contributed by atoms with Gasteiger partial charge in [-0.1, -0.05) is 127 Å². The number of hydrogen-bond donors (Lipinski definition) is 0. The third-order valence-electron chi connectivity index (χ3n) is 11.9. The molecule has 2 heteroatoms. The molecule has 12 rings (SSSR count). The lowest BCUT2D eigenvalue weighted by Crippen LogP contribution is -1.95. The van der Waals surface area contributed by atoms with Gasteiger partial charge < -0.3 is 9.13 Å². The lowest BCUT2D eigenvalue weighted by Gasteiger charge is -2.11. The monoisotopic (exact) mass is 698 g/mol. The molecule has 1 aliphatic rings. The predicted octanol–water partition coefficient (Wildman–Crippen LogP) is 13.9. The van der Waals surface area contributed by atoms with E-state index < -0.39 is 0 Å². The summed E-state index contributed by atoms with van der Waals surface area (Å²) in [6.45, 7) is 0. The highest BCUT2D eigenvalue weighted by Gasteiger charge is 2.23. The van der Waals surface area contributed by atoms with Crippen LogP contribution in [-0.2, 0) is 6.42 Å². The largest absolute Gasteiger partial charge is 0.309 e. The van der Waals surface area contributed by atoms with Crippen LogP contribution in [0, 0.1) is 0 Å². The van der Waals surface area contributed by atoms with Gasteiger partial charge in [-0.3, -0.25) is 0 Å². The van der Waals surface area contributed by atoms with Crippen LogP contribution >= 0.6 is 0 Å². The van der Waals surface area contributed by atoms with Gasteiger partial charge in [-0.25, -0.2) is 0 Å². The maximum atomic E-state index is 2.48. The van der Waals surface area contributed by atoms with Crippen molar-refractivity contribution in [3.05, 3.63) is 205 Å². The summed E-state index contributed by atoms with van der Waals surface area (Å²) in [6, 6.07) is 71.7. The highest BCUT2D eigenvalue weighted by atomic mass is 15.0. The molecule has 0 saturated heterocycles. The minimum atomic E-state index is 0.969. The summed E-state index contributed by atoms with van der Waals surface area (Å²) in [6.07, 6.45) is 0.969. The Kier molecular flexibility index (Phi) is 6.43. The van der Waals surface area contributed by atoms with Gasteiger partial charge >= 0.3 is 0 Å². The number of benzene rings is 9. The van der Waals surface area contributed by atoms with Crippen LogP contribution < -0.4 is 0 Å². The molecule has 0 amide bonds. The van der Waals surface area contributed by atoms with E-state index in [4.69, 9.17) is 0 Å². The molecule has 256 valence electrons. The molecule has 0 spiro atoms. The Labute approximate surface area is 318 Å². The van der Waals surface area contributed by atoms with Crippen molar-refractivity contribution in [2.75, 3.05) is 0 Å². The van der Waals surface area contributed by atoms with Crippen molar-refractivity contribution in [3.63, 3.8) is 0 Å². The van der Waals surface area contributed by atoms with E-state index in [1.165, 1.54) is 105 Å². The Morgan fingerprint density at radius 2 is 0.873 bits per heavy atom. The van der Waals surface area contributed by atoms with Crippen LogP contribution in [0.1, 0.15) is 11.1 Å². The molecule has 0 N–H and O–H groups in total. The van der Waals surface area contributed by atoms with Crippen molar-refractivity contribution < 1.29 is 0 Å². The van der Waals surface area contributed by atoms with Gasteiger partial charge in [0.25, 0.3) is 0 Å². The molecule has 2 heterocycles. The van der Waals surface area contributed by atoms with Gasteiger partial charge in [0, 0.05) is 32.9 Å². The van der Waals surface area contributed by atoms with E-state index in [0.717, 1.165) is 12.1 Å². The Morgan fingerprint density at radius 1 is 0.291 bits per heavy atom. The van der Waals surface area contributed by atoms with Crippen LogP contribution in [0.5, 0.6) is 0 Å². The third-order valence-corrected chi connectivity index (χ3v) is 11.9. The third kappa shape index (κ3) is 4.62. The highest BCUT2D eigenvalue weighted by Crippen LogP contribution is 2.44. The van der Waals surface area contributed by atoms with E-state index in [2.05, 4.69) is 203 Å². The van der Waals surface area contributed by atoms with Gasteiger partial charge in [0.1, 0.15) is 0 Å². The Balaban J connectivity index is 1.04. The van der Waals surface area contributed by atoms with E-state index >= 15 is 0 Å². The summed E-state index contributed by atoms with van der Waals surface area (Å²) in [5, 5.41) is 7.58. The van der Waals surface area contributed by atoms with Crippen molar-refractivity contribution >= 4 is 54.4 Å². The van der Waals surface area contributed by atoms with Crippen LogP contribution in [-0.4, -0.2) is 9.13 Å². The average molecular weight is 699 g/mol. The summed E-state index contributed by atoms with van der Waals surface area (Å²) in [7, 11) is 0. The standard InChI is InChI=1S/C53H34N2/c1-2-10-34(11-3-1)36-18-23-42(24-19-36)54-50-17-9-8-16-45(50)47-30-38(21-26-51(47)54)39-22-27-52-48(31-39)49-33-46-41(28-40-14-6-7-15-44(40)46)32-53(49)55(52)43-25-20-35-12-4-5-13-37(35)29-43/h1-27,29-33H,28H2. The van der Waals surface area contributed by atoms with Crippen molar-refractivity contribution in [2.45, 2.75) is 6.42 Å². The molecule has 9 aromatic carbocycles. The molecule has 0 atom stereocenters. The maximum absolute atomic E-state index is 2.48. The van der Waals surface area contributed by atoms with E-state index in [-0.39, 0.29) is 0 Å². The number of fused-ring (bicyclic) bond motifs is 10.